The number of aliphatic hydroxyl groups is 1. The molecule has 0 saturated heterocycles. The molecule has 0 radical (unpaired) electrons. The van der Waals surface area contributed by atoms with Gasteiger partial charge < -0.3 is 20.9 Å². The van der Waals surface area contributed by atoms with Gasteiger partial charge in [0, 0.05) is 25.4 Å². The standard InChI is InChI=1S/C11H18N4O2/c1-8(16)4-6-15(2)10-7-13-5-3-9(10)11(12)14-17/h3,5,7-8,16-17H,4,6H2,1-2H3,(H2,12,14). The third-order valence-corrected chi connectivity index (χ3v) is 2.48. The number of hydrogen-bond acceptors (Lipinski definition) is 5. The lowest BCUT2D eigenvalue weighted by molar-refractivity contribution is 0.187. The monoisotopic (exact) mass is 238 g/mol. The normalized spacial score (nSPS) is 13.5. The van der Waals surface area contributed by atoms with E-state index >= 15 is 0 Å². The Bertz CT molecular complexity index is 393. The molecule has 1 rings (SSSR count). The first-order valence-electron chi connectivity index (χ1n) is 5.37. The zero-order valence-corrected chi connectivity index (χ0v) is 10.0. The summed E-state index contributed by atoms with van der Waals surface area (Å²) in [5, 5.41) is 20.9. The molecule has 6 nitrogen and oxygen atoms in total. The Morgan fingerprint density at radius 1 is 1.65 bits per heavy atom. The number of anilines is 1. The smallest absolute Gasteiger partial charge is 0.172 e. The zero-order valence-electron chi connectivity index (χ0n) is 10.0. The Morgan fingerprint density at radius 3 is 2.94 bits per heavy atom. The summed E-state index contributed by atoms with van der Waals surface area (Å²) in [5.74, 6) is 0.0475. The van der Waals surface area contributed by atoms with Gasteiger partial charge in [0.1, 0.15) is 0 Å². The van der Waals surface area contributed by atoms with Crippen LogP contribution in [-0.4, -0.2) is 40.8 Å². The van der Waals surface area contributed by atoms with Crippen molar-refractivity contribution in [3.8, 4) is 0 Å². The number of nitrogens with zero attached hydrogens (tertiary/aromatic N) is 3. The first-order valence-corrected chi connectivity index (χ1v) is 5.37. The van der Waals surface area contributed by atoms with Crippen molar-refractivity contribution < 1.29 is 10.3 Å². The van der Waals surface area contributed by atoms with Crippen molar-refractivity contribution in [1.82, 2.24) is 4.98 Å². The summed E-state index contributed by atoms with van der Waals surface area (Å²) in [4.78, 5) is 5.92. The topological polar surface area (TPSA) is 95.0 Å². The fraction of sp³-hybridized carbons (Fsp3) is 0.455. The zero-order chi connectivity index (χ0) is 12.8. The lowest BCUT2D eigenvalue weighted by atomic mass is 10.2. The summed E-state index contributed by atoms with van der Waals surface area (Å²) in [5.41, 5.74) is 6.97. The van der Waals surface area contributed by atoms with Crippen LogP contribution in [0.25, 0.3) is 0 Å². The molecule has 0 aliphatic rings. The SMILES string of the molecule is CC(O)CCN(C)c1cnccc1/C(N)=N/O. The third-order valence-electron chi connectivity index (χ3n) is 2.48. The van der Waals surface area contributed by atoms with Gasteiger partial charge in [0.25, 0.3) is 0 Å². The van der Waals surface area contributed by atoms with Gasteiger partial charge in [0.2, 0.25) is 0 Å². The van der Waals surface area contributed by atoms with E-state index in [1.165, 1.54) is 0 Å². The molecule has 0 aliphatic carbocycles. The van der Waals surface area contributed by atoms with Crippen molar-refractivity contribution in [3.63, 3.8) is 0 Å². The summed E-state index contributed by atoms with van der Waals surface area (Å²) in [7, 11) is 1.87. The van der Waals surface area contributed by atoms with Gasteiger partial charge in [-0.05, 0) is 19.4 Å². The highest BCUT2D eigenvalue weighted by Gasteiger charge is 2.11. The lowest BCUT2D eigenvalue weighted by Crippen LogP contribution is -2.25. The Morgan fingerprint density at radius 2 is 2.35 bits per heavy atom. The van der Waals surface area contributed by atoms with Crippen LogP contribution in [0.15, 0.2) is 23.6 Å². The Labute approximate surface area is 100 Å². The Hall–Kier alpha value is -1.82. The van der Waals surface area contributed by atoms with Crippen LogP contribution >= 0.6 is 0 Å². The van der Waals surface area contributed by atoms with E-state index in [4.69, 9.17) is 10.9 Å². The van der Waals surface area contributed by atoms with Gasteiger partial charge in [-0.3, -0.25) is 4.98 Å². The number of pyridine rings is 1. The van der Waals surface area contributed by atoms with Crippen molar-refractivity contribution in [1.29, 1.82) is 0 Å². The molecule has 0 spiro atoms. The molecule has 1 aromatic rings. The second kappa shape index (κ2) is 6.05. The van der Waals surface area contributed by atoms with Crippen molar-refractivity contribution >= 4 is 11.5 Å². The summed E-state index contributed by atoms with van der Waals surface area (Å²) >= 11 is 0. The lowest BCUT2D eigenvalue weighted by Gasteiger charge is -2.22. The van der Waals surface area contributed by atoms with E-state index < -0.39 is 0 Å². The van der Waals surface area contributed by atoms with Crippen LogP contribution in [0, 0.1) is 0 Å². The van der Waals surface area contributed by atoms with Gasteiger partial charge in [-0.15, -0.1) is 0 Å². The quantitative estimate of drug-likeness (QED) is 0.298. The van der Waals surface area contributed by atoms with Crippen LogP contribution in [0.3, 0.4) is 0 Å². The molecular formula is C11H18N4O2. The highest BCUT2D eigenvalue weighted by Crippen LogP contribution is 2.17. The molecule has 0 amide bonds. The number of aromatic nitrogens is 1. The first kappa shape index (κ1) is 13.2. The summed E-state index contributed by atoms with van der Waals surface area (Å²) in [6.45, 7) is 2.40. The molecular weight excluding hydrogens is 220 g/mol. The summed E-state index contributed by atoms with van der Waals surface area (Å²) in [6, 6.07) is 1.68. The molecule has 0 saturated carbocycles. The number of rotatable bonds is 5. The number of oxime groups is 1. The fourth-order valence-electron chi connectivity index (χ4n) is 1.46. The maximum atomic E-state index is 9.24. The van der Waals surface area contributed by atoms with E-state index in [0.29, 0.717) is 18.5 Å². The molecule has 1 aromatic heterocycles. The van der Waals surface area contributed by atoms with Crippen LogP contribution in [0.1, 0.15) is 18.9 Å². The van der Waals surface area contributed by atoms with Gasteiger partial charge in [0.15, 0.2) is 5.84 Å². The van der Waals surface area contributed by atoms with Gasteiger partial charge in [-0.2, -0.15) is 0 Å². The first-order chi connectivity index (χ1) is 8.06. The fourth-order valence-corrected chi connectivity index (χ4v) is 1.46. The van der Waals surface area contributed by atoms with Crippen molar-refractivity contribution in [2.75, 3.05) is 18.5 Å². The summed E-state index contributed by atoms with van der Waals surface area (Å²) in [6.07, 6.45) is 3.51. The molecule has 1 unspecified atom stereocenters. The van der Waals surface area contributed by atoms with E-state index in [-0.39, 0.29) is 11.9 Å². The average Bonchev–Trinajstić information content (AvgIpc) is 2.34. The minimum atomic E-state index is -0.360. The van der Waals surface area contributed by atoms with Crippen LogP contribution in [-0.2, 0) is 0 Å². The van der Waals surface area contributed by atoms with Crippen LogP contribution in [0.4, 0.5) is 5.69 Å². The summed E-state index contributed by atoms with van der Waals surface area (Å²) < 4.78 is 0. The average molecular weight is 238 g/mol. The van der Waals surface area contributed by atoms with Crippen molar-refractivity contribution in [2.45, 2.75) is 19.4 Å². The van der Waals surface area contributed by atoms with Crippen LogP contribution in [0.2, 0.25) is 0 Å². The maximum Gasteiger partial charge on any atom is 0.172 e. The molecule has 94 valence electrons. The molecule has 1 heterocycles. The van der Waals surface area contributed by atoms with E-state index in [0.717, 1.165) is 5.69 Å². The molecule has 0 fully saturated rings. The number of amidine groups is 1. The van der Waals surface area contributed by atoms with Crippen molar-refractivity contribution in [3.05, 3.63) is 24.0 Å². The predicted molar refractivity (Wildman–Crippen MR) is 66.3 cm³/mol. The van der Waals surface area contributed by atoms with Gasteiger partial charge in [0.05, 0.1) is 18.0 Å². The van der Waals surface area contributed by atoms with Gasteiger partial charge in [-0.1, -0.05) is 5.16 Å². The Kier molecular flexibility index (Phi) is 4.71. The van der Waals surface area contributed by atoms with E-state index in [2.05, 4.69) is 10.1 Å². The van der Waals surface area contributed by atoms with Crippen LogP contribution in [0.5, 0.6) is 0 Å². The molecule has 0 aliphatic heterocycles. The number of aliphatic hydroxyl groups excluding tert-OH is 1. The molecule has 4 N–H and O–H groups in total. The van der Waals surface area contributed by atoms with Gasteiger partial charge >= 0.3 is 0 Å². The molecule has 6 heteroatoms. The minimum Gasteiger partial charge on any atom is -0.409 e. The highest BCUT2D eigenvalue weighted by molar-refractivity contribution is 6.01. The highest BCUT2D eigenvalue weighted by atomic mass is 16.4. The molecule has 0 aromatic carbocycles. The maximum absolute atomic E-state index is 9.24. The van der Waals surface area contributed by atoms with E-state index in [9.17, 15) is 5.11 Å². The second-order valence-electron chi connectivity index (χ2n) is 3.94. The third kappa shape index (κ3) is 3.60. The second-order valence-corrected chi connectivity index (χ2v) is 3.94. The minimum absolute atomic E-state index is 0.0475. The largest absolute Gasteiger partial charge is 0.409 e. The van der Waals surface area contributed by atoms with Gasteiger partial charge in [-0.25, -0.2) is 0 Å². The van der Waals surface area contributed by atoms with E-state index in [1.807, 2.05) is 11.9 Å². The molecule has 0 bridgehead atoms. The number of nitrogens with two attached hydrogens (primary N) is 1. The molecule has 1 atom stereocenters. The Balaban J connectivity index is 2.89. The molecule has 17 heavy (non-hydrogen) atoms. The number of hydrogen-bond donors (Lipinski definition) is 3. The van der Waals surface area contributed by atoms with E-state index in [1.54, 1.807) is 25.4 Å². The predicted octanol–water partition coefficient (Wildman–Crippen LogP) is 0.383. The van der Waals surface area contributed by atoms with Crippen molar-refractivity contribution in [2.24, 2.45) is 10.9 Å². The van der Waals surface area contributed by atoms with Crippen LogP contribution < -0.4 is 10.6 Å².